The van der Waals surface area contributed by atoms with Gasteiger partial charge in [0.05, 0.1) is 6.61 Å². The van der Waals surface area contributed by atoms with Crippen LogP contribution in [0.25, 0.3) is 11.3 Å². The molecule has 1 N–H and O–H groups in total. The van der Waals surface area contributed by atoms with E-state index in [1.54, 1.807) is 19.1 Å². The summed E-state index contributed by atoms with van der Waals surface area (Å²) in [5, 5.41) is 10.5. The molecule has 100 valence electrons. The number of rotatable bonds is 4. The Morgan fingerprint density at radius 2 is 2.26 bits per heavy atom. The third-order valence-electron chi connectivity index (χ3n) is 2.46. The lowest BCUT2D eigenvalue weighted by molar-refractivity contribution is 0.0520. The first-order valence-corrected chi connectivity index (χ1v) is 6.72. The highest BCUT2D eigenvalue weighted by Gasteiger charge is 2.21. The van der Waals surface area contributed by atoms with E-state index in [2.05, 4.69) is 31.3 Å². The average Bonchev–Trinajstić information content (AvgIpc) is 2.89. The van der Waals surface area contributed by atoms with E-state index in [1.165, 1.54) is 6.07 Å². The van der Waals surface area contributed by atoms with Crippen LogP contribution in [0.3, 0.4) is 0 Å². The molecule has 0 saturated carbocycles. The Balaban J connectivity index is 2.48. The number of nitrogens with zero attached hydrogens (tertiary/aromatic N) is 2. The average molecular weight is 328 g/mol. The minimum absolute atomic E-state index is 0.0209. The lowest BCUT2D eigenvalue weighted by Gasteiger charge is -2.04. The Hall–Kier alpha value is -1.76. The summed E-state index contributed by atoms with van der Waals surface area (Å²) in [4.78, 5) is 11.7. The normalized spacial score (nSPS) is 10.5. The molecule has 0 aliphatic rings. The Morgan fingerprint density at radius 3 is 2.95 bits per heavy atom. The molecule has 0 saturated heterocycles. The minimum Gasteiger partial charge on any atom is -0.461 e. The van der Waals surface area contributed by atoms with Crippen LogP contribution in [0, 0.1) is 5.82 Å². The molecule has 0 fully saturated rings. The fourth-order valence-corrected chi connectivity index (χ4v) is 1.95. The van der Waals surface area contributed by atoms with Gasteiger partial charge in [0.15, 0.2) is 5.69 Å². The summed E-state index contributed by atoms with van der Waals surface area (Å²) in [5.41, 5.74) is 1.22. The molecule has 0 amide bonds. The zero-order valence-electron chi connectivity index (χ0n) is 10.1. The van der Waals surface area contributed by atoms with Gasteiger partial charge in [-0.3, -0.25) is 0 Å². The summed E-state index contributed by atoms with van der Waals surface area (Å²) in [6.45, 7) is 1.90. The molecular weight excluding hydrogens is 317 g/mol. The van der Waals surface area contributed by atoms with Gasteiger partial charge in [-0.1, -0.05) is 22.0 Å². The topological polar surface area (TPSA) is 67.9 Å². The number of benzene rings is 1. The lowest BCUT2D eigenvalue weighted by Crippen LogP contribution is -2.07. The van der Waals surface area contributed by atoms with Crippen LogP contribution in [-0.2, 0) is 10.1 Å². The predicted molar refractivity (Wildman–Crippen MR) is 70.4 cm³/mol. The molecule has 0 aliphatic carbocycles. The second kappa shape index (κ2) is 5.92. The van der Waals surface area contributed by atoms with Crippen molar-refractivity contribution in [2.24, 2.45) is 0 Å². The molecule has 0 spiro atoms. The van der Waals surface area contributed by atoms with Crippen LogP contribution >= 0.6 is 15.9 Å². The summed E-state index contributed by atoms with van der Waals surface area (Å²) < 4.78 is 18.7. The second-order valence-electron chi connectivity index (χ2n) is 3.69. The van der Waals surface area contributed by atoms with Crippen LogP contribution in [-0.4, -0.2) is 28.0 Å². The number of hydrogen-bond acceptors (Lipinski definition) is 4. The van der Waals surface area contributed by atoms with Gasteiger partial charge < -0.3 is 4.74 Å². The van der Waals surface area contributed by atoms with Crippen molar-refractivity contribution in [1.29, 1.82) is 0 Å². The third-order valence-corrected chi connectivity index (χ3v) is 3.10. The highest BCUT2D eigenvalue weighted by Crippen LogP contribution is 2.25. The van der Waals surface area contributed by atoms with Crippen molar-refractivity contribution in [1.82, 2.24) is 15.4 Å². The van der Waals surface area contributed by atoms with E-state index in [0.29, 0.717) is 5.33 Å². The van der Waals surface area contributed by atoms with E-state index < -0.39 is 11.8 Å². The maximum Gasteiger partial charge on any atom is 0.361 e. The van der Waals surface area contributed by atoms with E-state index in [-0.39, 0.29) is 23.6 Å². The minimum atomic E-state index is -0.630. The van der Waals surface area contributed by atoms with Crippen molar-refractivity contribution < 1.29 is 13.9 Å². The van der Waals surface area contributed by atoms with Crippen molar-refractivity contribution in [3.05, 3.63) is 35.3 Å². The van der Waals surface area contributed by atoms with Crippen LogP contribution in [0.2, 0.25) is 0 Å². The van der Waals surface area contributed by atoms with Gasteiger partial charge in [0.1, 0.15) is 11.5 Å². The number of carbonyl (C=O) groups is 1. The fraction of sp³-hybridized carbons (Fsp3) is 0.250. The van der Waals surface area contributed by atoms with Crippen molar-refractivity contribution >= 4 is 21.9 Å². The number of ether oxygens (including phenoxy) is 1. The number of halogens is 2. The van der Waals surface area contributed by atoms with Gasteiger partial charge in [0, 0.05) is 10.9 Å². The van der Waals surface area contributed by atoms with Crippen LogP contribution in [0.1, 0.15) is 23.0 Å². The monoisotopic (exact) mass is 327 g/mol. The Morgan fingerprint density at radius 1 is 1.47 bits per heavy atom. The smallest absolute Gasteiger partial charge is 0.361 e. The van der Waals surface area contributed by atoms with Gasteiger partial charge in [0.2, 0.25) is 0 Å². The van der Waals surface area contributed by atoms with E-state index in [9.17, 15) is 9.18 Å². The second-order valence-corrected chi connectivity index (χ2v) is 4.25. The number of carbonyl (C=O) groups excluding carboxylic acids is 1. The Labute approximate surface area is 117 Å². The zero-order chi connectivity index (χ0) is 13.8. The maximum absolute atomic E-state index is 13.8. The third kappa shape index (κ3) is 2.81. The van der Waals surface area contributed by atoms with Gasteiger partial charge in [0.25, 0.3) is 0 Å². The molecule has 1 aromatic carbocycles. The molecule has 0 aliphatic heterocycles. The first-order valence-electron chi connectivity index (χ1n) is 5.60. The molecular formula is C12H11BrFN3O2. The lowest BCUT2D eigenvalue weighted by atomic mass is 10.1. The number of aromatic nitrogens is 3. The van der Waals surface area contributed by atoms with E-state index >= 15 is 0 Å². The largest absolute Gasteiger partial charge is 0.461 e. The molecule has 0 atom stereocenters. The van der Waals surface area contributed by atoms with Crippen LogP contribution in [0.4, 0.5) is 4.39 Å². The maximum atomic E-state index is 13.8. The molecule has 0 radical (unpaired) electrons. The zero-order valence-corrected chi connectivity index (χ0v) is 11.7. The van der Waals surface area contributed by atoms with Crippen molar-refractivity contribution in [3.8, 4) is 11.3 Å². The fourth-order valence-electron chi connectivity index (χ4n) is 1.60. The molecule has 2 aromatic rings. The molecule has 7 heteroatoms. The molecule has 5 nitrogen and oxygen atoms in total. The number of H-pyrrole nitrogens is 1. The quantitative estimate of drug-likeness (QED) is 0.692. The first-order chi connectivity index (χ1) is 9.17. The molecule has 0 bridgehead atoms. The molecule has 0 unspecified atom stereocenters. The summed E-state index contributed by atoms with van der Waals surface area (Å²) in [5.74, 6) is -1.10. The van der Waals surface area contributed by atoms with Crippen LogP contribution in [0.5, 0.6) is 0 Å². The van der Waals surface area contributed by atoms with Gasteiger partial charge in [-0.25, -0.2) is 9.18 Å². The van der Waals surface area contributed by atoms with Gasteiger partial charge in [-0.15, -0.1) is 5.10 Å². The first kappa shape index (κ1) is 13.7. The number of aromatic amines is 1. The van der Waals surface area contributed by atoms with E-state index in [1.807, 2.05) is 0 Å². The summed E-state index contributed by atoms with van der Waals surface area (Å²) in [6.07, 6.45) is 0. The number of nitrogens with one attached hydrogen (secondary N) is 1. The van der Waals surface area contributed by atoms with E-state index in [4.69, 9.17) is 4.74 Å². The summed E-state index contributed by atoms with van der Waals surface area (Å²) in [7, 11) is 0. The van der Waals surface area contributed by atoms with Crippen LogP contribution < -0.4 is 0 Å². The van der Waals surface area contributed by atoms with Crippen molar-refractivity contribution in [2.45, 2.75) is 12.3 Å². The Bertz CT molecular complexity index is 600. The SMILES string of the molecule is CCOC(=O)c1n[nH]nc1-c1cc(CBr)ccc1F. The highest BCUT2D eigenvalue weighted by atomic mass is 79.9. The van der Waals surface area contributed by atoms with Gasteiger partial charge in [-0.2, -0.15) is 10.3 Å². The van der Waals surface area contributed by atoms with Gasteiger partial charge in [-0.05, 0) is 24.6 Å². The standard InChI is InChI=1S/C12H11BrFN3O2/c1-2-19-12(18)11-10(15-17-16-11)8-5-7(6-13)3-4-9(8)14/h3-5H,2,6H2,1H3,(H,15,16,17). The number of hydrogen-bond donors (Lipinski definition) is 1. The van der Waals surface area contributed by atoms with Crippen molar-refractivity contribution in [3.63, 3.8) is 0 Å². The predicted octanol–water partition coefficient (Wildman–Crippen LogP) is 2.68. The molecule has 2 rings (SSSR count). The summed E-state index contributed by atoms with van der Waals surface area (Å²) >= 11 is 3.29. The highest BCUT2D eigenvalue weighted by molar-refractivity contribution is 9.08. The van der Waals surface area contributed by atoms with Gasteiger partial charge >= 0.3 is 5.97 Å². The van der Waals surface area contributed by atoms with Crippen LogP contribution in [0.15, 0.2) is 18.2 Å². The summed E-state index contributed by atoms with van der Waals surface area (Å²) in [6, 6.07) is 4.60. The number of alkyl halides is 1. The van der Waals surface area contributed by atoms with E-state index in [0.717, 1.165) is 5.56 Å². The molecule has 1 aromatic heterocycles. The molecule has 19 heavy (non-hydrogen) atoms. The molecule has 1 heterocycles. The van der Waals surface area contributed by atoms with Crippen molar-refractivity contribution in [2.75, 3.05) is 6.61 Å². The Kier molecular flexibility index (Phi) is 4.26. The number of esters is 1.